The highest BCUT2D eigenvalue weighted by Gasteiger charge is 2.59. The molecule has 2 saturated carbocycles. The lowest BCUT2D eigenvalue weighted by molar-refractivity contribution is -0.148. The third kappa shape index (κ3) is 10.1. The van der Waals surface area contributed by atoms with E-state index in [2.05, 4.69) is 32.3 Å². The number of ether oxygens (including phenoxy) is 1. The Labute approximate surface area is 402 Å². The molecule has 12 nitrogen and oxygen atoms in total. The van der Waals surface area contributed by atoms with Crippen LogP contribution >= 0.6 is 18.9 Å². The van der Waals surface area contributed by atoms with Crippen LogP contribution < -0.4 is 14.9 Å². The first-order valence-corrected chi connectivity index (χ1v) is 26.7. The number of nitrogens with one attached hydrogen (secondary N) is 2. The van der Waals surface area contributed by atoms with E-state index in [-0.39, 0.29) is 64.7 Å². The minimum atomic E-state index is -4.51. The molecule has 8 atom stereocenters. The number of fused-ring (bicyclic) bond motifs is 2. The Hall–Kier alpha value is -4.69. The van der Waals surface area contributed by atoms with Gasteiger partial charge in [-0.2, -0.15) is 0 Å². The fourth-order valence-corrected chi connectivity index (χ4v) is 13.7. The number of carbonyl (C=O) groups excluding carboxylic acids is 4. The molecule has 1 unspecified atom stereocenters. The van der Waals surface area contributed by atoms with Crippen LogP contribution in [0, 0.1) is 5.41 Å². The molecule has 4 aromatic rings. The number of para-hydroxylation sites is 1. The van der Waals surface area contributed by atoms with Gasteiger partial charge in [-0.25, -0.2) is 13.9 Å². The minimum Gasteiger partial charge on any atom is -0.464 e. The van der Waals surface area contributed by atoms with Gasteiger partial charge in [0.25, 0.3) is 5.91 Å². The summed E-state index contributed by atoms with van der Waals surface area (Å²) >= 11 is 1.18. The molecule has 4 heterocycles. The first kappa shape index (κ1) is 48.3. The van der Waals surface area contributed by atoms with Crippen molar-refractivity contribution in [3.63, 3.8) is 0 Å². The Bertz CT molecular complexity index is 2550. The lowest BCUT2D eigenvalue weighted by Crippen LogP contribution is -2.59. The fraction of sp³-hybridized carbons (Fsp3) is 0.538. The molecule has 3 saturated heterocycles. The zero-order valence-corrected chi connectivity index (χ0v) is 41.3. The van der Waals surface area contributed by atoms with Crippen LogP contribution in [0.15, 0.2) is 84.9 Å². The maximum Gasteiger partial charge on any atom is 0.355 e. The van der Waals surface area contributed by atoms with Crippen LogP contribution in [0.4, 0.5) is 8.78 Å². The van der Waals surface area contributed by atoms with Gasteiger partial charge < -0.3 is 29.3 Å². The summed E-state index contributed by atoms with van der Waals surface area (Å²) in [6.45, 7) is 7.88. The van der Waals surface area contributed by atoms with Gasteiger partial charge in [-0.05, 0) is 130 Å². The highest BCUT2D eigenvalue weighted by atomic mass is 32.1. The first-order valence-electron chi connectivity index (χ1n) is 24.2. The van der Waals surface area contributed by atoms with Crippen LogP contribution in [-0.4, -0.2) is 107 Å². The highest BCUT2D eigenvalue weighted by molar-refractivity contribution is 7.57. The molecule has 3 aliphatic heterocycles. The second-order valence-corrected chi connectivity index (χ2v) is 24.3. The van der Waals surface area contributed by atoms with Gasteiger partial charge in [0.1, 0.15) is 30.0 Å². The summed E-state index contributed by atoms with van der Waals surface area (Å²) in [4.78, 5) is 63.5. The lowest BCUT2D eigenvalue weighted by atomic mass is 9.86. The zero-order valence-electron chi connectivity index (χ0n) is 39.6. The molecule has 0 bridgehead atoms. The molecule has 3 amide bonds. The zero-order chi connectivity index (χ0) is 48.1. The smallest absolute Gasteiger partial charge is 0.355 e. The molecule has 9 rings (SSSR count). The fourth-order valence-electron chi connectivity index (χ4n) is 10.8. The highest BCUT2D eigenvalue weighted by Crippen LogP contribution is 2.58. The van der Waals surface area contributed by atoms with E-state index in [9.17, 15) is 28.1 Å². The van der Waals surface area contributed by atoms with Gasteiger partial charge in [-0.15, -0.1) is 11.3 Å². The number of hydrogen-bond donors (Lipinski definition) is 2. The Kier molecular flexibility index (Phi) is 13.7. The van der Waals surface area contributed by atoms with Gasteiger partial charge in [-0.3, -0.25) is 23.7 Å². The van der Waals surface area contributed by atoms with Crippen molar-refractivity contribution in [2.45, 2.75) is 152 Å². The van der Waals surface area contributed by atoms with Crippen LogP contribution in [-0.2, 0) is 23.7 Å². The SMILES string of the molecule is C[C@H](NP(=O)(Oc1ccccc1)[C@@H](F)c1ccc2sc(C(=O)N[C@H]3CC[C@H](N(C)C4CC(F)C4)C[C@H]4CC[C@@H](C(=O)N5C[C@H](c6ccccc6)CC56CC6)N4C3=O)cc2c1)C(=O)OCC(C)(C)C. The van der Waals surface area contributed by atoms with E-state index < -0.39 is 49.6 Å². The summed E-state index contributed by atoms with van der Waals surface area (Å²) in [7, 11) is -2.48. The number of halogens is 2. The molecule has 2 N–H and O–H groups in total. The molecule has 364 valence electrons. The number of carbonyl (C=O) groups is 4. The number of alkyl halides is 2. The molecule has 2 aliphatic carbocycles. The molecule has 68 heavy (non-hydrogen) atoms. The maximum atomic E-state index is 16.8. The monoisotopic (exact) mass is 971 g/mol. The van der Waals surface area contributed by atoms with Crippen molar-refractivity contribution < 1.29 is 41.8 Å². The third-order valence-corrected chi connectivity index (χ3v) is 18.1. The van der Waals surface area contributed by atoms with E-state index in [1.54, 1.807) is 47.4 Å². The summed E-state index contributed by atoms with van der Waals surface area (Å²) in [6.07, 6.45) is 5.74. The predicted molar refractivity (Wildman–Crippen MR) is 259 cm³/mol. The summed E-state index contributed by atoms with van der Waals surface area (Å²) in [6, 6.07) is 21.9. The number of rotatable bonds is 14. The topological polar surface area (TPSA) is 138 Å². The van der Waals surface area contributed by atoms with Gasteiger partial charge in [0, 0.05) is 40.8 Å². The van der Waals surface area contributed by atoms with Crippen molar-refractivity contribution in [1.29, 1.82) is 0 Å². The molecule has 1 aromatic heterocycles. The van der Waals surface area contributed by atoms with Crippen LogP contribution in [0.2, 0.25) is 0 Å². The quantitative estimate of drug-likeness (QED) is 0.0935. The number of benzene rings is 3. The van der Waals surface area contributed by atoms with Crippen LogP contribution in [0.1, 0.15) is 125 Å². The Balaban J connectivity index is 0.947. The van der Waals surface area contributed by atoms with E-state index in [4.69, 9.17) is 9.26 Å². The summed E-state index contributed by atoms with van der Waals surface area (Å²) in [5.74, 6) is -3.31. The van der Waals surface area contributed by atoms with Crippen molar-refractivity contribution in [2.75, 3.05) is 20.2 Å². The number of nitrogens with zero attached hydrogens (tertiary/aromatic N) is 3. The van der Waals surface area contributed by atoms with Crippen molar-refractivity contribution in [3.05, 3.63) is 101 Å². The standard InChI is InChI=1S/C52H64F2N5O7PS/c1-32(50(63)65-31-51(2,3)4)56-67(64,66-41-14-10-7-11-15-41)46(54)34-16-21-44-35(24-34)25-45(68-44)47(60)55-42-19-17-38(57(5)40-26-37(53)27-40)28-39-18-20-43(59(39)48(42)61)49(62)58-30-36(29-52(58)22-23-52)33-12-8-6-9-13-33/h6-16,21,24-25,32,36-40,42-43,46H,17-20,22-23,26-31H2,1-5H3,(H,55,60)(H,56,64)/t32-,36+,37?,38-,39+,40?,42-,43-,46+,67?/m0/s1. The van der Waals surface area contributed by atoms with Gasteiger partial charge in [-0.1, -0.05) is 75.4 Å². The number of hydrogen-bond acceptors (Lipinski definition) is 9. The van der Waals surface area contributed by atoms with Crippen molar-refractivity contribution in [1.82, 2.24) is 25.1 Å². The van der Waals surface area contributed by atoms with Crippen LogP contribution in [0.3, 0.4) is 0 Å². The molecule has 16 heteroatoms. The molecular formula is C52H64F2N5O7PS. The molecule has 5 aliphatic rings. The summed E-state index contributed by atoms with van der Waals surface area (Å²) in [5.41, 5.74) is 0.723. The van der Waals surface area contributed by atoms with E-state index in [1.807, 2.05) is 46.0 Å². The second-order valence-electron chi connectivity index (χ2n) is 21.1. The van der Waals surface area contributed by atoms with Crippen molar-refractivity contribution in [2.24, 2.45) is 5.41 Å². The van der Waals surface area contributed by atoms with E-state index in [0.29, 0.717) is 66.5 Å². The summed E-state index contributed by atoms with van der Waals surface area (Å²) in [5, 5.41) is 6.21. The summed E-state index contributed by atoms with van der Waals surface area (Å²) < 4.78 is 57.5. The second kappa shape index (κ2) is 19.2. The first-order chi connectivity index (χ1) is 32.4. The number of esters is 1. The van der Waals surface area contributed by atoms with E-state index in [1.165, 1.54) is 36.0 Å². The average Bonchev–Trinajstić information content (AvgIpc) is 3.58. The van der Waals surface area contributed by atoms with Gasteiger partial charge in [0.2, 0.25) is 17.7 Å². The lowest BCUT2D eigenvalue weighted by Gasteiger charge is -2.45. The Morgan fingerprint density at radius 2 is 1.65 bits per heavy atom. The average molecular weight is 972 g/mol. The van der Waals surface area contributed by atoms with Gasteiger partial charge in [0.15, 0.2) is 0 Å². The molecule has 1 spiro atoms. The molecular weight excluding hydrogens is 908 g/mol. The number of likely N-dealkylation sites (tertiary alicyclic amines) is 1. The molecule has 0 radical (unpaired) electrons. The van der Waals surface area contributed by atoms with Crippen molar-refractivity contribution in [3.8, 4) is 5.75 Å². The third-order valence-electron chi connectivity index (χ3n) is 14.8. The van der Waals surface area contributed by atoms with E-state index in [0.717, 1.165) is 19.3 Å². The number of thiophene rings is 1. The van der Waals surface area contributed by atoms with Gasteiger partial charge in [0.05, 0.1) is 11.5 Å². The Morgan fingerprint density at radius 3 is 2.32 bits per heavy atom. The Morgan fingerprint density at radius 1 is 0.941 bits per heavy atom. The molecule has 5 fully saturated rings. The van der Waals surface area contributed by atoms with Crippen LogP contribution in [0.25, 0.3) is 10.1 Å². The van der Waals surface area contributed by atoms with Crippen LogP contribution in [0.5, 0.6) is 5.75 Å². The molecule has 3 aromatic carbocycles. The van der Waals surface area contributed by atoms with Gasteiger partial charge >= 0.3 is 13.5 Å². The van der Waals surface area contributed by atoms with E-state index >= 15 is 4.39 Å². The van der Waals surface area contributed by atoms with Crippen molar-refractivity contribution >= 4 is 52.6 Å². The largest absolute Gasteiger partial charge is 0.464 e. The maximum absolute atomic E-state index is 16.8. The normalized spacial score (nSPS) is 27.4. The number of amides is 3. The predicted octanol–water partition coefficient (Wildman–Crippen LogP) is 9.70. The minimum absolute atomic E-state index is 0.0111.